The molecule has 134 valence electrons. The molecule has 0 saturated heterocycles. The zero-order valence-electron chi connectivity index (χ0n) is 14.4. The molecule has 0 aliphatic rings. The number of hydrogen-bond donors (Lipinski definition) is 1. The van der Waals surface area contributed by atoms with Gasteiger partial charge in [-0.2, -0.15) is 5.10 Å². The number of carbonyl (C=O) groups is 1. The SMILES string of the molecule is C=C(CN=Cc1nn(C)c2cc(Cl)ccc12)C(=O)NC(C)c1ncco1. The Morgan fingerprint density at radius 1 is 1.54 bits per heavy atom. The smallest absolute Gasteiger partial charge is 0.249 e. The van der Waals surface area contributed by atoms with Gasteiger partial charge in [0.1, 0.15) is 18.0 Å². The quantitative estimate of drug-likeness (QED) is 0.533. The predicted molar refractivity (Wildman–Crippen MR) is 100 cm³/mol. The third-order valence-electron chi connectivity index (χ3n) is 3.83. The van der Waals surface area contributed by atoms with Crippen LogP contribution < -0.4 is 5.32 Å². The van der Waals surface area contributed by atoms with Gasteiger partial charge in [-0.05, 0) is 25.1 Å². The Morgan fingerprint density at radius 2 is 2.35 bits per heavy atom. The zero-order chi connectivity index (χ0) is 18.7. The highest BCUT2D eigenvalue weighted by molar-refractivity contribution is 6.31. The summed E-state index contributed by atoms with van der Waals surface area (Å²) in [6, 6.07) is 5.20. The van der Waals surface area contributed by atoms with Crippen molar-refractivity contribution in [3.8, 4) is 0 Å². The number of benzene rings is 1. The highest BCUT2D eigenvalue weighted by atomic mass is 35.5. The highest BCUT2D eigenvalue weighted by Crippen LogP contribution is 2.21. The topological polar surface area (TPSA) is 85.3 Å². The summed E-state index contributed by atoms with van der Waals surface area (Å²) < 4.78 is 6.90. The number of oxazole rings is 1. The summed E-state index contributed by atoms with van der Waals surface area (Å²) in [6.45, 7) is 5.73. The minimum Gasteiger partial charge on any atom is -0.447 e. The molecular weight excluding hydrogens is 354 g/mol. The minimum atomic E-state index is -0.345. The Hall–Kier alpha value is -2.93. The van der Waals surface area contributed by atoms with Crippen LogP contribution in [-0.4, -0.2) is 33.4 Å². The summed E-state index contributed by atoms with van der Waals surface area (Å²) >= 11 is 6.02. The Kier molecular flexibility index (Phi) is 5.18. The van der Waals surface area contributed by atoms with Crippen molar-refractivity contribution < 1.29 is 9.21 Å². The van der Waals surface area contributed by atoms with Crippen LogP contribution in [0, 0.1) is 0 Å². The molecule has 8 heteroatoms. The van der Waals surface area contributed by atoms with Gasteiger partial charge in [0.25, 0.3) is 0 Å². The molecule has 0 radical (unpaired) electrons. The van der Waals surface area contributed by atoms with Crippen LogP contribution in [0.3, 0.4) is 0 Å². The molecule has 26 heavy (non-hydrogen) atoms. The fourth-order valence-corrected chi connectivity index (χ4v) is 2.64. The molecule has 0 fully saturated rings. The number of aromatic nitrogens is 3. The lowest BCUT2D eigenvalue weighted by Crippen LogP contribution is -2.28. The van der Waals surface area contributed by atoms with Crippen molar-refractivity contribution >= 4 is 34.6 Å². The van der Waals surface area contributed by atoms with E-state index in [0.29, 0.717) is 22.2 Å². The number of aliphatic imine (C=N–C) groups is 1. The van der Waals surface area contributed by atoms with Crippen LogP contribution in [0.15, 0.2) is 52.2 Å². The predicted octanol–water partition coefficient (Wildman–Crippen LogP) is 3.07. The van der Waals surface area contributed by atoms with Crippen LogP contribution in [0.1, 0.15) is 24.6 Å². The molecule has 1 aromatic carbocycles. The van der Waals surface area contributed by atoms with Crippen LogP contribution in [0.25, 0.3) is 10.9 Å². The van der Waals surface area contributed by atoms with Crippen LogP contribution in [0.5, 0.6) is 0 Å². The van der Waals surface area contributed by atoms with Gasteiger partial charge >= 0.3 is 0 Å². The molecular formula is C18H18ClN5O2. The summed E-state index contributed by atoms with van der Waals surface area (Å²) in [5, 5.41) is 8.77. The van der Waals surface area contributed by atoms with Crippen LogP contribution >= 0.6 is 11.6 Å². The zero-order valence-corrected chi connectivity index (χ0v) is 15.2. The third-order valence-corrected chi connectivity index (χ3v) is 4.06. The molecule has 0 bridgehead atoms. The van der Waals surface area contributed by atoms with Crippen LogP contribution in [0.2, 0.25) is 5.02 Å². The second-order valence-electron chi connectivity index (χ2n) is 5.81. The minimum absolute atomic E-state index is 0.162. The Labute approximate surface area is 155 Å². The molecule has 0 spiro atoms. The summed E-state index contributed by atoms with van der Waals surface area (Å²) in [4.78, 5) is 20.4. The summed E-state index contributed by atoms with van der Waals surface area (Å²) in [5.74, 6) is 0.138. The molecule has 2 heterocycles. The lowest BCUT2D eigenvalue weighted by molar-refractivity contribution is -0.118. The van der Waals surface area contributed by atoms with Gasteiger partial charge in [0, 0.05) is 29.2 Å². The van der Waals surface area contributed by atoms with E-state index in [1.165, 1.54) is 12.5 Å². The fraction of sp³-hybridized carbons (Fsp3) is 0.222. The maximum Gasteiger partial charge on any atom is 0.249 e. The van der Waals surface area contributed by atoms with Crippen LogP contribution in [-0.2, 0) is 11.8 Å². The van der Waals surface area contributed by atoms with Gasteiger partial charge < -0.3 is 9.73 Å². The number of amides is 1. The number of halogens is 1. The normalized spacial score (nSPS) is 12.6. The van der Waals surface area contributed by atoms with Crippen molar-refractivity contribution in [2.75, 3.05) is 6.54 Å². The molecule has 1 atom stereocenters. The first kappa shape index (κ1) is 17.9. The van der Waals surface area contributed by atoms with E-state index in [4.69, 9.17) is 16.0 Å². The third kappa shape index (κ3) is 3.83. The van der Waals surface area contributed by atoms with Crippen molar-refractivity contribution in [2.24, 2.45) is 12.0 Å². The van der Waals surface area contributed by atoms with Gasteiger partial charge in [-0.15, -0.1) is 0 Å². The molecule has 1 unspecified atom stereocenters. The first-order chi connectivity index (χ1) is 12.5. The van der Waals surface area contributed by atoms with Gasteiger partial charge in [-0.25, -0.2) is 4.98 Å². The van der Waals surface area contributed by atoms with E-state index in [1.54, 1.807) is 23.9 Å². The summed E-state index contributed by atoms with van der Waals surface area (Å²) in [5.41, 5.74) is 1.96. The van der Waals surface area contributed by atoms with E-state index in [1.807, 2.05) is 19.2 Å². The van der Waals surface area contributed by atoms with Gasteiger partial charge in [-0.1, -0.05) is 18.2 Å². The lowest BCUT2D eigenvalue weighted by Gasteiger charge is -2.10. The summed E-state index contributed by atoms with van der Waals surface area (Å²) in [6.07, 6.45) is 4.62. The average Bonchev–Trinajstić information content (AvgIpc) is 3.24. The molecule has 0 aliphatic carbocycles. The van der Waals surface area contributed by atoms with Gasteiger partial charge in [0.05, 0.1) is 18.3 Å². The van der Waals surface area contributed by atoms with Crippen molar-refractivity contribution in [2.45, 2.75) is 13.0 Å². The van der Waals surface area contributed by atoms with Crippen molar-refractivity contribution in [1.82, 2.24) is 20.1 Å². The maximum atomic E-state index is 12.2. The number of nitrogens with one attached hydrogen (secondary N) is 1. The number of carbonyl (C=O) groups excluding carboxylic acids is 1. The molecule has 3 rings (SSSR count). The lowest BCUT2D eigenvalue weighted by atomic mass is 10.2. The van der Waals surface area contributed by atoms with Gasteiger partial charge in [-0.3, -0.25) is 14.5 Å². The largest absolute Gasteiger partial charge is 0.447 e. The molecule has 0 aliphatic heterocycles. The number of nitrogens with zero attached hydrogens (tertiary/aromatic N) is 4. The fourth-order valence-electron chi connectivity index (χ4n) is 2.48. The Balaban J connectivity index is 1.63. The molecule has 7 nitrogen and oxygen atoms in total. The number of rotatable bonds is 6. The first-order valence-corrected chi connectivity index (χ1v) is 8.33. The molecule has 1 N–H and O–H groups in total. The highest BCUT2D eigenvalue weighted by Gasteiger charge is 2.15. The van der Waals surface area contributed by atoms with E-state index in [0.717, 1.165) is 10.9 Å². The first-order valence-electron chi connectivity index (χ1n) is 7.96. The molecule has 3 aromatic rings. The summed E-state index contributed by atoms with van der Waals surface area (Å²) in [7, 11) is 1.84. The van der Waals surface area contributed by atoms with E-state index >= 15 is 0 Å². The van der Waals surface area contributed by atoms with Gasteiger partial charge in [0.15, 0.2) is 0 Å². The van der Waals surface area contributed by atoms with E-state index in [9.17, 15) is 4.79 Å². The maximum absolute atomic E-state index is 12.2. The van der Waals surface area contributed by atoms with Crippen LogP contribution in [0.4, 0.5) is 0 Å². The molecule has 0 saturated carbocycles. The molecule has 1 amide bonds. The van der Waals surface area contributed by atoms with E-state index in [-0.39, 0.29) is 18.5 Å². The average molecular weight is 372 g/mol. The number of fused-ring (bicyclic) bond motifs is 1. The monoisotopic (exact) mass is 371 g/mol. The molecule has 2 aromatic heterocycles. The Morgan fingerprint density at radius 3 is 3.08 bits per heavy atom. The number of hydrogen-bond acceptors (Lipinski definition) is 5. The van der Waals surface area contributed by atoms with Gasteiger partial charge in [0.2, 0.25) is 11.8 Å². The Bertz CT molecular complexity index is 975. The standard InChI is InChI=1S/C18H18ClN5O2/c1-11(17(25)22-12(2)18-21-6-7-26-18)9-20-10-15-14-5-4-13(19)8-16(14)24(3)23-15/h4-8,10,12H,1,9H2,2-3H3,(H,22,25). The number of aryl methyl sites for hydroxylation is 1. The van der Waals surface area contributed by atoms with E-state index in [2.05, 4.69) is 27.0 Å². The van der Waals surface area contributed by atoms with Crippen molar-refractivity contribution in [3.05, 3.63) is 59.4 Å². The van der Waals surface area contributed by atoms with E-state index < -0.39 is 0 Å². The second kappa shape index (κ2) is 7.53. The second-order valence-corrected chi connectivity index (χ2v) is 6.25. The van der Waals surface area contributed by atoms with Crippen molar-refractivity contribution in [1.29, 1.82) is 0 Å². The van der Waals surface area contributed by atoms with Crippen molar-refractivity contribution in [3.63, 3.8) is 0 Å².